The van der Waals surface area contributed by atoms with Crippen molar-refractivity contribution in [2.24, 2.45) is 0 Å². The molecule has 200 valence electrons. The van der Waals surface area contributed by atoms with Gasteiger partial charge in [0, 0.05) is 44.3 Å². The number of hydrogen-bond acceptors (Lipinski definition) is 4. The summed E-state index contributed by atoms with van der Waals surface area (Å²) in [6, 6.07) is 16.7. The second kappa shape index (κ2) is 15.4. The summed E-state index contributed by atoms with van der Waals surface area (Å²) in [6.07, 6.45) is 0.283. The normalized spacial score (nSPS) is 19.2. The van der Waals surface area contributed by atoms with E-state index in [1.54, 1.807) is 6.92 Å². The molecule has 1 saturated heterocycles. The van der Waals surface area contributed by atoms with Crippen LogP contribution in [0.1, 0.15) is 59.6 Å². The van der Waals surface area contributed by atoms with E-state index < -0.39 is 22.9 Å². The predicted molar refractivity (Wildman–Crippen MR) is 148 cm³/mol. The number of morpholine rings is 1. The van der Waals surface area contributed by atoms with Gasteiger partial charge in [0.05, 0.1) is 12.6 Å². The van der Waals surface area contributed by atoms with Gasteiger partial charge in [0.1, 0.15) is 6.10 Å². The number of carboxylic acids is 1. The van der Waals surface area contributed by atoms with Crippen LogP contribution in [0.25, 0.3) is 0 Å². The van der Waals surface area contributed by atoms with Crippen LogP contribution in [0.2, 0.25) is 10.0 Å². The third kappa shape index (κ3) is 11.0. The molecule has 4 atom stereocenters. The molecule has 1 heterocycles. The van der Waals surface area contributed by atoms with Crippen LogP contribution in [0.15, 0.2) is 54.6 Å². The molecular weight excluding hydrogens is 521 g/mol. The Kier molecular flexibility index (Phi) is 13.7. The third-order valence-electron chi connectivity index (χ3n) is 5.32. The highest BCUT2D eigenvalue weighted by Crippen LogP contribution is 2.31. The number of halogens is 2. The average molecular weight is 559 g/mol. The molecule has 0 spiro atoms. The van der Waals surface area contributed by atoms with Crippen molar-refractivity contribution in [3.05, 3.63) is 70.2 Å². The fourth-order valence-electron chi connectivity index (χ4n) is 3.36. The standard InChI is InChI=1S/C19H28ClNO3S.C6H5Cl.C2H4O2/c1-6-16(12-25(23)19(3,4)5)21-17(11-24-13(2)18(21)22)14-7-9-15(20)10-8-14;7-6-4-2-1-3-5-6;1-2(3)4/h7-10,13,16-17H,6,11-12H2,1-5H3;1-5H;1H3,(H,3,4). The molecule has 36 heavy (non-hydrogen) atoms. The smallest absolute Gasteiger partial charge is 0.300 e. The molecular formula is C27H37Cl2NO5S. The van der Waals surface area contributed by atoms with Crippen LogP contribution in [0.3, 0.4) is 0 Å². The number of ether oxygens (including phenoxy) is 1. The Balaban J connectivity index is 0.000000486. The molecule has 0 saturated carbocycles. The molecule has 0 bridgehead atoms. The summed E-state index contributed by atoms with van der Waals surface area (Å²) in [5.74, 6) is -0.397. The molecule has 1 N–H and O–H groups in total. The van der Waals surface area contributed by atoms with Crippen molar-refractivity contribution in [2.75, 3.05) is 12.4 Å². The number of carbonyl (C=O) groups excluding carboxylic acids is 1. The summed E-state index contributed by atoms with van der Waals surface area (Å²) in [4.78, 5) is 23.8. The van der Waals surface area contributed by atoms with Crippen molar-refractivity contribution in [2.45, 2.75) is 70.9 Å². The minimum Gasteiger partial charge on any atom is -0.481 e. The zero-order chi connectivity index (χ0) is 27.5. The Morgan fingerprint density at radius 2 is 1.61 bits per heavy atom. The van der Waals surface area contributed by atoms with Crippen molar-refractivity contribution >= 4 is 45.9 Å². The van der Waals surface area contributed by atoms with Crippen LogP contribution in [0, 0.1) is 0 Å². The van der Waals surface area contributed by atoms with Gasteiger partial charge in [-0.15, -0.1) is 0 Å². The van der Waals surface area contributed by atoms with E-state index in [0.717, 1.165) is 23.9 Å². The largest absolute Gasteiger partial charge is 0.481 e. The number of hydrogen-bond donors (Lipinski definition) is 1. The molecule has 3 rings (SSSR count). The molecule has 1 aliphatic rings. The van der Waals surface area contributed by atoms with E-state index in [2.05, 4.69) is 0 Å². The lowest BCUT2D eigenvalue weighted by Gasteiger charge is -2.43. The van der Waals surface area contributed by atoms with Crippen LogP contribution in [-0.2, 0) is 25.1 Å². The lowest BCUT2D eigenvalue weighted by molar-refractivity contribution is -0.161. The van der Waals surface area contributed by atoms with Crippen LogP contribution in [0.4, 0.5) is 0 Å². The van der Waals surface area contributed by atoms with Gasteiger partial charge in [-0.2, -0.15) is 0 Å². The number of aliphatic carboxylic acids is 1. The van der Waals surface area contributed by atoms with E-state index in [9.17, 15) is 9.00 Å². The fraction of sp³-hybridized carbons (Fsp3) is 0.481. The minimum atomic E-state index is -1.03. The summed E-state index contributed by atoms with van der Waals surface area (Å²) in [5, 5.41) is 8.87. The highest BCUT2D eigenvalue weighted by Gasteiger charge is 2.39. The quantitative estimate of drug-likeness (QED) is 0.460. The molecule has 0 aromatic heterocycles. The summed E-state index contributed by atoms with van der Waals surface area (Å²) in [7, 11) is -1.03. The zero-order valence-electron chi connectivity index (χ0n) is 21.7. The van der Waals surface area contributed by atoms with Crippen LogP contribution >= 0.6 is 23.2 Å². The molecule has 0 aliphatic carbocycles. The summed E-state index contributed by atoms with van der Waals surface area (Å²) >= 11 is 11.5. The van der Waals surface area contributed by atoms with E-state index in [4.69, 9.17) is 37.8 Å². The first kappa shape index (κ1) is 32.1. The van der Waals surface area contributed by atoms with Gasteiger partial charge in [0.25, 0.3) is 11.9 Å². The van der Waals surface area contributed by atoms with Gasteiger partial charge < -0.3 is 14.7 Å². The van der Waals surface area contributed by atoms with Gasteiger partial charge in [-0.25, -0.2) is 0 Å². The van der Waals surface area contributed by atoms with Gasteiger partial charge >= 0.3 is 0 Å². The molecule has 4 unspecified atom stereocenters. The van der Waals surface area contributed by atoms with E-state index in [0.29, 0.717) is 17.4 Å². The maximum atomic E-state index is 12.9. The number of nitrogens with zero attached hydrogens (tertiary/aromatic N) is 1. The van der Waals surface area contributed by atoms with Crippen molar-refractivity contribution < 1.29 is 23.6 Å². The maximum Gasteiger partial charge on any atom is 0.300 e. The maximum absolute atomic E-state index is 12.9. The van der Waals surface area contributed by atoms with E-state index in [1.807, 2.05) is 87.2 Å². The Morgan fingerprint density at radius 1 is 1.11 bits per heavy atom. The van der Waals surface area contributed by atoms with Gasteiger partial charge in [0.15, 0.2) is 0 Å². The van der Waals surface area contributed by atoms with Crippen LogP contribution in [-0.4, -0.2) is 55.3 Å². The lowest BCUT2D eigenvalue weighted by Crippen LogP contribution is -2.54. The van der Waals surface area contributed by atoms with Gasteiger partial charge in [-0.05, 0) is 63.9 Å². The van der Waals surface area contributed by atoms with Crippen molar-refractivity contribution in [3.63, 3.8) is 0 Å². The van der Waals surface area contributed by atoms with E-state index >= 15 is 0 Å². The van der Waals surface area contributed by atoms with Crippen molar-refractivity contribution in [3.8, 4) is 0 Å². The first-order chi connectivity index (χ1) is 16.8. The number of amides is 1. The fourth-order valence-corrected chi connectivity index (χ4v) is 4.88. The molecule has 2 aromatic rings. The highest BCUT2D eigenvalue weighted by molar-refractivity contribution is 7.86. The molecule has 1 fully saturated rings. The SMILES string of the molecule is CC(=O)O.CCC(CS(=O)C(C)(C)C)N1C(=O)C(C)OCC1c1ccc(Cl)cc1.Clc1ccccc1. The molecule has 1 amide bonds. The molecule has 6 nitrogen and oxygen atoms in total. The van der Waals surface area contributed by atoms with Crippen molar-refractivity contribution in [1.29, 1.82) is 0 Å². The third-order valence-corrected chi connectivity index (χ3v) is 7.88. The van der Waals surface area contributed by atoms with Gasteiger partial charge in [0.2, 0.25) is 0 Å². The van der Waals surface area contributed by atoms with E-state index in [1.165, 1.54) is 0 Å². The first-order valence-electron chi connectivity index (χ1n) is 11.8. The molecule has 9 heteroatoms. The Morgan fingerprint density at radius 3 is 2.03 bits per heavy atom. The Labute approximate surface area is 227 Å². The van der Waals surface area contributed by atoms with Crippen LogP contribution < -0.4 is 0 Å². The Hall–Kier alpha value is -1.93. The van der Waals surface area contributed by atoms with Gasteiger partial charge in [-0.3, -0.25) is 13.8 Å². The monoisotopic (exact) mass is 557 g/mol. The van der Waals surface area contributed by atoms with Crippen LogP contribution in [0.5, 0.6) is 0 Å². The molecule has 1 aliphatic heterocycles. The van der Waals surface area contributed by atoms with E-state index in [-0.39, 0.29) is 22.7 Å². The first-order valence-corrected chi connectivity index (χ1v) is 13.8. The highest BCUT2D eigenvalue weighted by atomic mass is 35.5. The average Bonchev–Trinajstić information content (AvgIpc) is 2.80. The molecule has 2 aromatic carbocycles. The number of rotatable bonds is 5. The number of carbonyl (C=O) groups is 2. The summed E-state index contributed by atoms with van der Waals surface area (Å²) in [5.41, 5.74) is 0.990. The van der Waals surface area contributed by atoms with Gasteiger partial charge in [-0.1, -0.05) is 60.5 Å². The lowest BCUT2D eigenvalue weighted by atomic mass is 10.0. The molecule has 0 radical (unpaired) electrons. The Bertz CT molecular complexity index is 976. The predicted octanol–water partition coefficient (Wildman–Crippen LogP) is 6.39. The topological polar surface area (TPSA) is 83.9 Å². The second-order valence-corrected chi connectivity index (χ2v) is 12.4. The number of benzene rings is 2. The second-order valence-electron chi connectivity index (χ2n) is 9.29. The van der Waals surface area contributed by atoms with Crippen molar-refractivity contribution in [1.82, 2.24) is 4.90 Å². The summed E-state index contributed by atoms with van der Waals surface area (Å²) < 4.78 is 18.1. The zero-order valence-corrected chi connectivity index (χ0v) is 24.1. The summed E-state index contributed by atoms with van der Waals surface area (Å²) in [6.45, 7) is 11.2. The minimum absolute atomic E-state index is 0.0380. The number of carboxylic acid groups (broad SMARTS) is 1.